The van der Waals surface area contributed by atoms with Gasteiger partial charge in [-0.05, 0) is 49.1 Å². The van der Waals surface area contributed by atoms with Crippen molar-refractivity contribution in [2.45, 2.75) is 26.2 Å². The van der Waals surface area contributed by atoms with Crippen molar-refractivity contribution in [2.75, 3.05) is 23.3 Å². The maximum absolute atomic E-state index is 12.2. The number of rotatable bonds is 4. The third kappa shape index (κ3) is 3.27. The number of nitrogens with one attached hydrogen (secondary N) is 1. The minimum atomic E-state index is -0.169. The fraction of sp³-hybridized carbons (Fsp3) is 0.333. The fourth-order valence-corrected chi connectivity index (χ4v) is 2.70. The first-order valence-electron chi connectivity index (χ1n) is 7.87. The summed E-state index contributed by atoms with van der Waals surface area (Å²) in [4.78, 5) is 18.8. The van der Waals surface area contributed by atoms with Gasteiger partial charge in [0, 0.05) is 18.8 Å². The maximum atomic E-state index is 12.2. The topological polar surface area (TPSA) is 45.2 Å². The van der Waals surface area contributed by atoms with Gasteiger partial charge in [-0.1, -0.05) is 19.1 Å². The normalized spacial score (nSPS) is 14.1. The van der Waals surface area contributed by atoms with Gasteiger partial charge in [-0.3, -0.25) is 4.79 Å². The molecule has 1 amide bonds. The van der Waals surface area contributed by atoms with Crippen molar-refractivity contribution in [1.29, 1.82) is 0 Å². The van der Waals surface area contributed by atoms with Crippen LogP contribution in [0.25, 0.3) is 0 Å². The van der Waals surface area contributed by atoms with Crippen LogP contribution < -0.4 is 10.2 Å². The first-order chi connectivity index (χ1) is 10.8. The molecule has 0 spiro atoms. The van der Waals surface area contributed by atoms with Gasteiger partial charge >= 0.3 is 0 Å². The quantitative estimate of drug-likeness (QED) is 0.939. The monoisotopic (exact) mass is 295 g/mol. The molecule has 2 aromatic rings. The summed E-state index contributed by atoms with van der Waals surface area (Å²) in [6.45, 7) is 4.27. The van der Waals surface area contributed by atoms with Crippen LogP contribution in [0.3, 0.4) is 0 Å². The predicted octanol–water partition coefficient (Wildman–Crippen LogP) is 3.50. The van der Waals surface area contributed by atoms with Gasteiger partial charge in [-0.15, -0.1) is 0 Å². The van der Waals surface area contributed by atoms with Gasteiger partial charge in [0.05, 0.1) is 11.9 Å². The van der Waals surface area contributed by atoms with Crippen molar-refractivity contribution in [2.24, 2.45) is 0 Å². The number of hydrogen-bond acceptors (Lipinski definition) is 3. The van der Waals surface area contributed by atoms with Crippen LogP contribution in [0.1, 0.15) is 35.8 Å². The zero-order valence-corrected chi connectivity index (χ0v) is 12.9. The van der Waals surface area contributed by atoms with Gasteiger partial charge < -0.3 is 10.2 Å². The second kappa shape index (κ2) is 6.60. The number of nitrogens with zero attached hydrogens (tertiary/aromatic N) is 2. The largest absolute Gasteiger partial charge is 0.370 e. The van der Waals surface area contributed by atoms with E-state index in [0.717, 1.165) is 30.9 Å². The summed E-state index contributed by atoms with van der Waals surface area (Å²) in [5.74, 6) is -0.169. The molecule has 4 heteroatoms. The molecule has 22 heavy (non-hydrogen) atoms. The highest BCUT2D eigenvalue weighted by Crippen LogP contribution is 2.19. The number of aryl methyl sites for hydroxylation is 1. The van der Waals surface area contributed by atoms with Crippen molar-refractivity contribution in [3.05, 3.63) is 53.9 Å². The minimum absolute atomic E-state index is 0.169. The van der Waals surface area contributed by atoms with E-state index in [1.165, 1.54) is 18.4 Å². The van der Waals surface area contributed by atoms with Crippen molar-refractivity contribution in [3.63, 3.8) is 0 Å². The maximum Gasteiger partial charge on any atom is 0.274 e. The van der Waals surface area contributed by atoms with E-state index in [9.17, 15) is 4.79 Å². The Morgan fingerprint density at radius 2 is 1.86 bits per heavy atom. The van der Waals surface area contributed by atoms with Crippen LogP contribution in [0, 0.1) is 0 Å². The number of carbonyl (C=O) groups is 1. The molecule has 3 rings (SSSR count). The Hall–Kier alpha value is -2.36. The first-order valence-corrected chi connectivity index (χ1v) is 7.87. The van der Waals surface area contributed by atoms with Gasteiger partial charge in [0.15, 0.2) is 0 Å². The molecule has 2 heterocycles. The molecule has 1 fully saturated rings. The van der Waals surface area contributed by atoms with E-state index in [0.29, 0.717) is 5.69 Å². The smallest absolute Gasteiger partial charge is 0.274 e. The average Bonchev–Trinajstić information content (AvgIpc) is 3.10. The molecular weight excluding hydrogens is 274 g/mol. The zero-order valence-electron chi connectivity index (χ0n) is 12.9. The van der Waals surface area contributed by atoms with E-state index >= 15 is 0 Å². The van der Waals surface area contributed by atoms with E-state index in [4.69, 9.17) is 0 Å². The summed E-state index contributed by atoms with van der Waals surface area (Å²) in [6, 6.07) is 11.7. The average molecular weight is 295 g/mol. The number of pyridine rings is 1. The number of aromatic nitrogens is 1. The number of hydrogen-bond donors (Lipinski definition) is 1. The SMILES string of the molecule is CCc1ccc(NC(=O)c2ccc(N3CCCC3)cn2)cc1. The first kappa shape index (κ1) is 14.6. The second-order valence-corrected chi connectivity index (χ2v) is 5.60. The molecule has 1 saturated heterocycles. The zero-order chi connectivity index (χ0) is 15.4. The molecule has 0 saturated carbocycles. The van der Waals surface area contributed by atoms with Gasteiger partial charge in [-0.2, -0.15) is 0 Å². The van der Waals surface area contributed by atoms with E-state index in [-0.39, 0.29) is 5.91 Å². The number of amides is 1. The van der Waals surface area contributed by atoms with Gasteiger partial charge in [0.2, 0.25) is 0 Å². The summed E-state index contributed by atoms with van der Waals surface area (Å²) < 4.78 is 0. The van der Waals surface area contributed by atoms with Crippen molar-refractivity contribution in [1.82, 2.24) is 4.98 Å². The van der Waals surface area contributed by atoms with Crippen molar-refractivity contribution in [3.8, 4) is 0 Å². The van der Waals surface area contributed by atoms with Gasteiger partial charge in [0.25, 0.3) is 5.91 Å². The lowest BCUT2D eigenvalue weighted by atomic mass is 10.1. The molecule has 0 unspecified atom stereocenters. The Balaban J connectivity index is 1.66. The standard InChI is InChI=1S/C18H21N3O/c1-2-14-5-7-15(8-6-14)20-18(22)17-10-9-16(13-19-17)21-11-3-4-12-21/h5-10,13H,2-4,11-12H2,1H3,(H,20,22). The molecule has 4 nitrogen and oxygen atoms in total. The lowest BCUT2D eigenvalue weighted by molar-refractivity contribution is 0.102. The Morgan fingerprint density at radius 1 is 1.14 bits per heavy atom. The summed E-state index contributed by atoms with van der Waals surface area (Å²) in [7, 11) is 0. The molecule has 1 N–H and O–H groups in total. The Kier molecular flexibility index (Phi) is 4.37. The molecule has 0 radical (unpaired) electrons. The van der Waals surface area contributed by atoms with E-state index in [1.54, 1.807) is 12.3 Å². The number of anilines is 2. The Labute approximate surface area is 131 Å². The minimum Gasteiger partial charge on any atom is -0.370 e. The van der Waals surface area contributed by atoms with Gasteiger partial charge in [-0.25, -0.2) is 4.98 Å². The summed E-state index contributed by atoms with van der Waals surface area (Å²) in [5, 5.41) is 2.88. The number of benzene rings is 1. The molecule has 114 valence electrons. The van der Waals surface area contributed by atoms with Crippen LogP contribution in [-0.4, -0.2) is 24.0 Å². The van der Waals surface area contributed by atoms with E-state index in [1.807, 2.05) is 30.3 Å². The molecule has 0 aliphatic carbocycles. The van der Waals surface area contributed by atoms with Crippen molar-refractivity contribution >= 4 is 17.3 Å². The lowest BCUT2D eigenvalue weighted by Gasteiger charge is -2.16. The Morgan fingerprint density at radius 3 is 2.45 bits per heavy atom. The van der Waals surface area contributed by atoms with E-state index in [2.05, 4.69) is 22.1 Å². The molecular formula is C18H21N3O. The molecule has 0 bridgehead atoms. The summed E-state index contributed by atoms with van der Waals surface area (Å²) in [5.41, 5.74) is 3.60. The highest BCUT2D eigenvalue weighted by Gasteiger charge is 2.14. The molecule has 1 aliphatic heterocycles. The summed E-state index contributed by atoms with van der Waals surface area (Å²) >= 11 is 0. The van der Waals surface area contributed by atoms with Crippen molar-refractivity contribution < 1.29 is 4.79 Å². The number of carbonyl (C=O) groups excluding carboxylic acids is 1. The van der Waals surface area contributed by atoms with Crippen LogP contribution in [0.4, 0.5) is 11.4 Å². The highest BCUT2D eigenvalue weighted by atomic mass is 16.1. The third-order valence-electron chi connectivity index (χ3n) is 4.07. The molecule has 1 aliphatic rings. The third-order valence-corrected chi connectivity index (χ3v) is 4.07. The van der Waals surface area contributed by atoms with Crippen LogP contribution in [0.5, 0.6) is 0 Å². The lowest BCUT2D eigenvalue weighted by Crippen LogP contribution is -2.19. The van der Waals surface area contributed by atoms with Crippen LogP contribution in [-0.2, 0) is 6.42 Å². The molecule has 0 atom stereocenters. The van der Waals surface area contributed by atoms with E-state index < -0.39 is 0 Å². The highest BCUT2D eigenvalue weighted by molar-refractivity contribution is 6.02. The Bertz CT molecular complexity index is 628. The second-order valence-electron chi connectivity index (χ2n) is 5.60. The molecule has 1 aromatic heterocycles. The fourth-order valence-electron chi connectivity index (χ4n) is 2.70. The van der Waals surface area contributed by atoms with Gasteiger partial charge in [0.1, 0.15) is 5.69 Å². The summed E-state index contributed by atoms with van der Waals surface area (Å²) in [6.07, 6.45) is 5.25. The van der Waals surface area contributed by atoms with Crippen LogP contribution in [0.15, 0.2) is 42.6 Å². The molecule has 1 aromatic carbocycles. The van der Waals surface area contributed by atoms with Crippen LogP contribution >= 0.6 is 0 Å². The van der Waals surface area contributed by atoms with Crippen LogP contribution in [0.2, 0.25) is 0 Å². The predicted molar refractivity (Wildman–Crippen MR) is 89.5 cm³/mol.